The number of fused-ring (bicyclic) bond motifs is 1. The van der Waals surface area contributed by atoms with E-state index in [1.54, 1.807) is 24.3 Å². The van der Waals surface area contributed by atoms with Crippen LogP contribution in [-0.2, 0) is 19.2 Å². The van der Waals surface area contributed by atoms with E-state index in [1.165, 1.54) is 4.90 Å². The highest BCUT2D eigenvalue weighted by Crippen LogP contribution is 2.29. The highest BCUT2D eigenvalue weighted by atomic mass is 16.4. The van der Waals surface area contributed by atoms with Crippen LogP contribution < -0.4 is 15.5 Å². The summed E-state index contributed by atoms with van der Waals surface area (Å²) in [5.74, 6) is -1.87. The summed E-state index contributed by atoms with van der Waals surface area (Å²) in [6, 6.07) is 7.02. The van der Waals surface area contributed by atoms with Crippen molar-refractivity contribution >= 4 is 35.1 Å². The van der Waals surface area contributed by atoms with Gasteiger partial charge < -0.3 is 20.6 Å². The van der Waals surface area contributed by atoms with Gasteiger partial charge in [-0.25, -0.2) is 0 Å². The molecule has 8 nitrogen and oxygen atoms in total. The number of para-hydroxylation sites is 2. The number of nitrogens with zero attached hydrogens (tertiary/aromatic N) is 1. The number of carbonyl (C=O) groups excluding carboxylic acids is 3. The van der Waals surface area contributed by atoms with Gasteiger partial charge in [0, 0.05) is 18.9 Å². The Morgan fingerprint density at radius 3 is 2.52 bits per heavy atom. The first-order valence-electron chi connectivity index (χ1n) is 9.15. The summed E-state index contributed by atoms with van der Waals surface area (Å²) in [6.45, 7) is -0.0589. The third kappa shape index (κ3) is 4.64. The number of amides is 3. The Hall–Kier alpha value is -2.90. The summed E-state index contributed by atoms with van der Waals surface area (Å²) in [4.78, 5) is 48.8. The van der Waals surface area contributed by atoms with Gasteiger partial charge >= 0.3 is 5.97 Å². The van der Waals surface area contributed by atoms with Gasteiger partial charge in [0.2, 0.25) is 17.7 Å². The summed E-state index contributed by atoms with van der Waals surface area (Å²) < 4.78 is 0. The van der Waals surface area contributed by atoms with E-state index in [1.807, 2.05) is 0 Å². The van der Waals surface area contributed by atoms with E-state index in [4.69, 9.17) is 5.11 Å². The summed E-state index contributed by atoms with van der Waals surface area (Å²) >= 11 is 0. The third-order valence-electron chi connectivity index (χ3n) is 5.08. The van der Waals surface area contributed by atoms with E-state index in [0.717, 1.165) is 0 Å². The second-order valence-corrected chi connectivity index (χ2v) is 7.00. The normalized spacial score (nSPS) is 21.8. The van der Waals surface area contributed by atoms with Crippen molar-refractivity contribution < 1.29 is 24.3 Å². The van der Waals surface area contributed by atoms with Crippen LogP contribution in [0.15, 0.2) is 24.3 Å². The highest BCUT2D eigenvalue weighted by Gasteiger charge is 2.28. The zero-order valence-electron chi connectivity index (χ0n) is 14.9. The number of anilines is 2. The molecule has 8 heteroatoms. The van der Waals surface area contributed by atoms with Crippen LogP contribution in [0, 0.1) is 5.92 Å². The van der Waals surface area contributed by atoms with Gasteiger partial charge in [-0.1, -0.05) is 12.1 Å². The Bertz CT molecular complexity index is 755. The molecule has 1 fully saturated rings. The Labute approximate surface area is 156 Å². The lowest BCUT2D eigenvalue weighted by atomic mass is 9.86. The molecule has 1 aliphatic carbocycles. The Morgan fingerprint density at radius 2 is 1.81 bits per heavy atom. The number of hydrogen-bond acceptors (Lipinski definition) is 4. The number of hydrogen-bond donors (Lipinski definition) is 3. The zero-order chi connectivity index (χ0) is 19.4. The maximum absolute atomic E-state index is 12.5. The Morgan fingerprint density at radius 1 is 1.11 bits per heavy atom. The van der Waals surface area contributed by atoms with Gasteiger partial charge in [0.25, 0.3) is 0 Å². The minimum absolute atomic E-state index is 0.0118. The number of nitrogens with one attached hydrogen (secondary N) is 2. The van der Waals surface area contributed by atoms with Crippen molar-refractivity contribution in [2.45, 2.75) is 44.6 Å². The molecule has 0 aromatic heterocycles. The molecule has 3 rings (SSSR count). The number of carbonyl (C=O) groups is 4. The molecule has 3 amide bonds. The van der Waals surface area contributed by atoms with E-state index < -0.39 is 5.97 Å². The lowest BCUT2D eigenvalue weighted by molar-refractivity contribution is -0.142. The fourth-order valence-corrected chi connectivity index (χ4v) is 3.60. The molecule has 144 valence electrons. The molecule has 0 atom stereocenters. The average molecular weight is 373 g/mol. The van der Waals surface area contributed by atoms with Crippen LogP contribution in [0.25, 0.3) is 0 Å². The van der Waals surface area contributed by atoms with Gasteiger partial charge in [-0.15, -0.1) is 0 Å². The van der Waals surface area contributed by atoms with Gasteiger partial charge in [-0.05, 0) is 37.8 Å². The first kappa shape index (κ1) is 18.9. The van der Waals surface area contributed by atoms with Crippen LogP contribution in [0.2, 0.25) is 0 Å². The van der Waals surface area contributed by atoms with Gasteiger partial charge in [-0.2, -0.15) is 0 Å². The molecule has 3 N–H and O–H groups in total. The topological polar surface area (TPSA) is 116 Å². The van der Waals surface area contributed by atoms with Crippen molar-refractivity contribution in [3.05, 3.63) is 24.3 Å². The van der Waals surface area contributed by atoms with Crippen LogP contribution in [0.3, 0.4) is 0 Å². The second kappa shape index (κ2) is 8.20. The fourth-order valence-electron chi connectivity index (χ4n) is 3.60. The lowest BCUT2D eigenvalue weighted by Crippen LogP contribution is -2.43. The third-order valence-corrected chi connectivity index (χ3v) is 5.08. The Kier molecular flexibility index (Phi) is 5.73. The predicted molar refractivity (Wildman–Crippen MR) is 98.2 cm³/mol. The maximum Gasteiger partial charge on any atom is 0.306 e. The van der Waals surface area contributed by atoms with Crippen molar-refractivity contribution in [1.29, 1.82) is 0 Å². The minimum atomic E-state index is -0.781. The van der Waals surface area contributed by atoms with Gasteiger partial charge in [-0.3, -0.25) is 19.2 Å². The lowest BCUT2D eigenvalue weighted by Gasteiger charge is -2.29. The van der Waals surface area contributed by atoms with Crippen molar-refractivity contribution in [2.75, 3.05) is 16.8 Å². The Balaban J connectivity index is 1.49. The predicted octanol–water partition coefficient (Wildman–Crippen LogP) is 1.51. The second-order valence-electron chi connectivity index (χ2n) is 7.00. The SMILES string of the molecule is O=C1CN(C(=O)CCC(=O)NC2CCC(C(=O)O)CC2)c2ccccc2N1. The van der Waals surface area contributed by atoms with E-state index in [9.17, 15) is 19.2 Å². The molecule has 2 aliphatic rings. The van der Waals surface area contributed by atoms with Crippen molar-refractivity contribution in [3.8, 4) is 0 Å². The standard InChI is InChI=1S/C19H23N3O5/c23-16(20-13-7-5-12(6-8-13)19(26)27)9-10-18(25)22-11-17(24)21-14-3-1-2-4-15(14)22/h1-4,12-13H,5-11H2,(H,20,23)(H,21,24)(H,26,27). The number of carboxylic acids is 1. The molecule has 1 aromatic rings. The molecular formula is C19H23N3O5. The van der Waals surface area contributed by atoms with Crippen molar-refractivity contribution in [3.63, 3.8) is 0 Å². The summed E-state index contributed by atoms with van der Waals surface area (Å²) in [7, 11) is 0. The summed E-state index contributed by atoms with van der Waals surface area (Å²) in [5.41, 5.74) is 1.22. The van der Waals surface area contributed by atoms with E-state index in [-0.39, 0.29) is 49.1 Å². The molecule has 0 saturated heterocycles. The van der Waals surface area contributed by atoms with Crippen LogP contribution in [0.1, 0.15) is 38.5 Å². The maximum atomic E-state index is 12.5. The van der Waals surface area contributed by atoms with E-state index in [2.05, 4.69) is 10.6 Å². The van der Waals surface area contributed by atoms with Crippen molar-refractivity contribution in [2.24, 2.45) is 5.92 Å². The van der Waals surface area contributed by atoms with E-state index in [0.29, 0.717) is 37.1 Å². The fraction of sp³-hybridized carbons (Fsp3) is 0.474. The molecule has 1 heterocycles. The molecule has 1 aliphatic heterocycles. The van der Waals surface area contributed by atoms with Gasteiger partial charge in [0.15, 0.2) is 0 Å². The number of aliphatic carboxylic acids is 1. The monoisotopic (exact) mass is 373 g/mol. The van der Waals surface area contributed by atoms with Crippen LogP contribution >= 0.6 is 0 Å². The number of carboxylic acid groups (broad SMARTS) is 1. The molecule has 0 radical (unpaired) electrons. The van der Waals surface area contributed by atoms with Crippen molar-refractivity contribution in [1.82, 2.24) is 5.32 Å². The molecule has 0 bridgehead atoms. The molecule has 0 unspecified atom stereocenters. The molecule has 27 heavy (non-hydrogen) atoms. The molecule has 0 spiro atoms. The summed E-state index contributed by atoms with van der Waals surface area (Å²) in [5, 5.41) is 14.6. The number of benzene rings is 1. The largest absolute Gasteiger partial charge is 0.481 e. The number of rotatable bonds is 5. The zero-order valence-corrected chi connectivity index (χ0v) is 14.9. The smallest absolute Gasteiger partial charge is 0.306 e. The summed E-state index contributed by atoms with van der Waals surface area (Å²) in [6.07, 6.45) is 2.43. The van der Waals surface area contributed by atoms with Gasteiger partial charge in [0.05, 0.1) is 17.3 Å². The molecule has 1 saturated carbocycles. The average Bonchev–Trinajstić information content (AvgIpc) is 2.65. The molecular weight excluding hydrogens is 350 g/mol. The highest BCUT2D eigenvalue weighted by molar-refractivity contribution is 6.10. The molecule has 1 aromatic carbocycles. The first-order valence-corrected chi connectivity index (χ1v) is 9.15. The van der Waals surface area contributed by atoms with Crippen LogP contribution in [0.4, 0.5) is 11.4 Å². The van der Waals surface area contributed by atoms with E-state index >= 15 is 0 Å². The quantitative estimate of drug-likeness (QED) is 0.723. The van der Waals surface area contributed by atoms with Gasteiger partial charge in [0.1, 0.15) is 6.54 Å². The van der Waals surface area contributed by atoms with Crippen LogP contribution in [0.5, 0.6) is 0 Å². The minimum Gasteiger partial charge on any atom is -0.481 e. The first-order chi connectivity index (χ1) is 12.9. The van der Waals surface area contributed by atoms with Crippen LogP contribution in [-0.4, -0.2) is 41.4 Å².